The second-order valence-corrected chi connectivity index (χ2v) is 13.8. The first kappa shape index (κ1) is 33.5. The maximum absolute atomic E-state index is 13.5. The molecule has 0 aliphatic carbocycles. The number of aliphatic imine (C=N–C) groups is 2. The predicted molar refractivity (Wildman–Crippen MR) is 200 cm³/mol. The molecule has 2 unspecified atom stereocenters. The molecule has 0 radical (unpaired) electrons. The summed E-state index contributed by atoms with van der Waals surface area (Å²) < 4.78 is 24.2. The Hall–Kier alpha value is -5.62. The average molecular weight is 703 g/mol. The Labute approximate surface area is 303 Å². The molecule has 3 saturated heterocycles. The highest BCUT2D eigenvalue weighted by Gasteiger charge is 2.35. The van der Waals surface area contributed by atoms with Crippen molar-refractivity contribution in [2.75, 3.05) is 58.4 Å². The lowest BCUT2D eigenvalue weighted by Crippen LogP contribution is -2.43. The third kappa shape index (κ3) is 6.38. The Kier molecular flexibility index (Phi) is 8.92. The van der Waals surface area contributed by atoms with Crippen LogP contribution < -0.4 is 29.2 Å². The number of fused-ring (bicyclic) bond motifs is 4. The zero-order chi connectivity index (χ0) is 35.9. The van der Waals surface area contributed by atoms with Crippen LogP contribution in [0.1, 0.15) is 44.7 Å². The molecule has 0 saturated carbocycles. The van der Waals surface area contributed by atoms with Crippen LogP contribution in [0.4, 0.5) is 17.1 Å². The summed E-state index contributed by atoms with van der Waals surface area (Å²) in [4.78, 5) is 42.2. The van der Waals surface area contributed by atoms with Gasteiger partial charge in [0, 0.05) is 69.5 Å². The molecule has 0 spiro atoms. The molecule has 5 aliphatic heterocycles. The summed E-state index contributed by atoms with van der Waals surface area (Å²) in [5, 5.41) is 3.42. The lowest BCUT2D eigenvalue weighted by atomic mass is 10.1. The smallest absolute Gasteiger partial charge is 0.257 e. The molecule has 268 valence electrons. The van der Waals surface area contributed by atoms with Crippen molar-refractivity contribution < 1.29 is 28.5 Å². The van der Waals surface area contributed by atoms with Crippen molar-refractivity contribution in [1.82, 2.24) is 15.1 Å². The molecule has 3 fully saturated rings. The van der Waals surface area contributed by atoms with Gasteiger partial charge in [-0.25, -0.2) is 0 Å². The molecule has 0 bridgehead atoms. The highest BCUT2D eigenvalue weighted by molar-refractivity contribution is 6.04. The van der Waals surface area contributed by atoms with Crippen LogP contribution in [0, 0.1) is 0 Å². The summed E-state index contributed by atoms with van der Waals surface area (Å²) in [6, 6.07) is 13.1. The van der Waals surface area contributed by atoms with Crippen LogP contribution in [-0.2, 0) is 13.2 Å². The van der Waals surface area contributed by atoms with Crippen LogP contribution in [0.3, 0.4) is 0 Å². The van der Waals surface area contributed by atoms with Crippen LogP contribution in [0.25, 0.3) is 0 Å². The number of carbonyl (C=O) groups excluding carboxylic acids is 2. The van der Waals surface area contributed by atoms with E-state index < -0.39 is 0 Å². The van der Waals surface area contributed by atoms with E-state index in [4.69, 9.17) is 18.9 Å². The van der Waals surface area contributed by atoms with Crippen LogP contribution in [-0.4, -0.2) is 99.6 Å². The third-order valence-electron chi connectivity index (χ3n) is 10.2. The molecule has 2 amide bonds. The Morgan fingerprint density at radius 1 is 0.692 bits per heavy atom. The first-order valence-electron chi connectivity index (χ1n) is 17.6. The van der Waals surface area contributed by atoms with Crippen LogP contribution in [0.5, 0.6) is 23.0 Å². The fourth-order valence-corrected chi connectivity index (χ4v) is 7.55. The van der Waals surface area contributed by atoms with Crippen molar-refractivity contribution in [2.45, 2.75) is 38.1 Å². The minimum absolute atomic E-state index is 0.0921. The molecule has 2 atom stereocenters. The Balaban J connectivity index is 1.05. The highest BCUT2D eigenvalue weighted by Crippen LogP contribution is 2.41. The fourth-order valence-electron chi connectivity index (χ4n) is 7.55. The first-order chi connectivity index (χ1) is 25.3. The van der Waals surface area contributed by atoms with Gasteiger partial charge in [-0.15, -0.1) is 0 Å². The third-order valence-corrected chi connectivity index (χ3v) is 10.2. The van der Waals surface area contributed by atoms with E-state index in [2.05, 4.69) is 51.6 Å². The molecular weight excluding hydrogens is 660 g/mol. The van der Waals surface area contributed by atoms with E-state index in [-0.39, 0.29) is 37.1 Å². The van der Waals surface area contributed by atoms with Crippen molar-refractivity contribution in [2.24, 2.45) is 9.98 Å². The summed E-state index contributed by atoms with van der Waals surface area (Å²) in [6.07, 6.45) is 5.07. The molecule has 5 heterocycles. The molecular formula is C40H42N6O6. The zero-order valence-electron chi connectivity index (χ0n) is 29.5. The Morgan fingerprint density at radius 3 is 1.63 bits per heavy atom. The van der Waals surface area contributed by atoms with Gasteiger partial charge in [0.1, 0.15) is 13.2 Å². The SMILES string of the molecule is C=C1CC2C=Nc3cc(OCc4cc(COc5cc6c(cc5OC)C(=O)N5CC(=C)CC5C=N6)cc(N5CCNCC5)c4)c(OC)cc3C(=O)N2C1. The van der Waals surface area contributed by atoms with Crippen molar-refractivity contribution in [3.8, 4) is 23.0 Å². The quantitative estimate of drug-likeness (QED) is 0.301. The lowest BCUT2D eigenvalue weighted by molar-refractivity contribution is 0.0769. The van der Waals surface area contributed by atoms with Gasteiger partial charge in [-0.05, 0) is 54.3 Å². The van der Waals surface area contributed by atoms with Gasteiger partial charge >= 0.3 is 0 Å². The highest BCUT2D eigenvalue weighted by atomic mass is 16.5. The monoisotopic (exact) mass is 702 g/mol. The average Bonchev–Trinajstić information content (AvgIpc) is 3.67. The molecule has 3 aromatic rings. The second-order valence-electron chi connectivity index (χ2n) is 13.8. The number of benzene rings is 3. The van der Waals surface area contributed by atoms with E-state index in [1.54, 1.807) is 48.3 Å². The summed E-state index contributed by atoms with van der Waals surface area (Å²) >= 11 is 0. The topological polar surface area (TPSA) is 118 Å². The summed E-state index contributed by atoms with van der Waals surface area (Å²) in [5.41, 5.74) is 7.05. The minimum Gasteiger partial charge on any atom is -0.493 e. The number of methoxy groups -OCH3 is 2. The number of amides is 2. The summed E-state index contributed by atoms with van der Waals surface area (Å²) in [7, 11) is 3.14. The van der Waals surface area contributed by atoms with Gasteiger partial charge in [0.05, 0.1) is 48.8 Å². The number of carbonyl (C=O) groups is 2. The maximum atomic E-state index is 13.5. The van der Waals surface area contributed by atoms with Crippen LogP contribution in [0.15, 0.2) is 76.8 Å². The van der Waals surface area contributed by atoms with Gasteiger partial charge in [-0.2, -0.15) is 0 Å². The predicted octanol–water partition coefficient (Wildman–Crippen LogP) is 5.24. The van der Waals surface area contributed by atoms with Gasteiger partial charge in [-0.3, -0.25) is 19.6 Å². The number of piperazine rings is 1. The molecule has 0 aromatic heterocycles. The molecule has 3 aromatic carbocycles. The summed E-state index contributed by atoms with van der Waals surface area (Å²) in [6.45, 7) is 13.2. The molecule has 8 rings (SSSR count). The molecule has 52 heavy (non-hydrogen) atoms. The molecule has 12 nitrogen and oxygen atoms in total. The number of anilines is 1. The van der Waals surface area contributed by atoms with Gasteiger partial charge in [0.15, 0.2) is 23.0 Å². The number of nitrogens with zero attached hydrogens (tertiary/aromatic N) is 5. The number of hydrogen-bond donors (Lipinski definition) is 1. The molecule has 1 N–H and O–H groups in total. The van der Waals surface area contributed by atoms with Gasteiger partial charge in [0.25, 0.3) is 11.8 Å². The van der Waals surface area contributed by atoms with E-state index >= 15 is 0 Å². The minimum atomic E-state index is -0.101. The van der Waals surface area contributed by atoms with Crippen molar-refractivity contribution >= 4 is 41.3 Å². The van der Waals surface area contributed by atoms with E-state index in [1.807, 2.05) is 12.4 Å². The standard InChI is InChI=1S/C40H42N6O6/c1-24-9-29-18-42-33-16-37(35(49-3)14-31(33)39(47)45(29)20-24)51-22-26-11-27(13-28(12-26)44-7-5-41-6-8-44)23-52-38-17-34-32(15-36(38)50-4)40(48)46-21-25(2)10-30(46)19-43-34/h11-19,29-30,41H,1-2,5-10,20-23H2,3-4H3. The van der Waals surface area contributed by atoms with Crippen molar-refractivity contribution in [1.29, 1.82) is 0 Å². The van der Waals surface area contributed by atoms with E-state index in [1.165, 1.54) is 0 Å². The van der Waals surface area contributed by atoms with E-state index in [0.29, 0.717) is 71.4 Å². The number of nitrogens with one attached hydrogen (secondary N) is 1. The zero-order valence-corrected chi connectivity index (χ0v) is 29.5. The number of rotatable bonds is 9. The second kappa shape index (κ2) is 13.8. The van der Waals surface area contributed by atoms with Crippen molar-refractivity contribution in [3.05, 3.63) is 89.0 Å². The Bertz CT molecular complexity index is 1900. The van der Waals surface area contributed by atoms with Crippen LogP contribution >= 0.6 is 0 Å². The normalized spacial score (nSPS) is 20.6. The first-order valence-corrected chi connectivity index (χ1v) is 17.6. The van der Waals surface area contributed by atoms with Crippen molar-refractivity contribution in [3.63, 3.8) is 0 Å². The van der Waals surface area contributed by atoms with E-state index in [9.17, 15) is 9.59 Å². The maximum Gasteiger partial charge on any atom is 0.257 e. The summed E-state index contributed by atoms with van der Waals surface area (Å²) in [5.74, 6) is 1.73. The molecule has 5 aliphatic rings. The van der Waals surface area contributed by atoms with Gasteiger partial charge in [-0.1, -0.05) is 24.3 Å². The van der Waals surface area contributed by atoms with Gasteiger partial charge < -0.3 is 39.0 Å². The number of hydrogen-bond acceptors (Lipinski definition) is 10. The number of ether oxygens (including phenoxy) is 4. The fraction of sp³-hybridized carbons (Fsp3) is 0.350. The van der Waals surface area contributed by atoms with Crippen LogP contribution in [0.2, 0.25) is 0 Å². The largest absolute Gasteiger partial charge is 0.493 e. The Morgan fingerprint density at radius 2 is 1.17 bits per heavy atom. The molecule has 12 heteroatoms. The van der Waals surface area contributed by atoms with E-state index in [0.717, 1.165) is 54.1 Å². The lowest BCUT2D eigenvalue weighted by Gasteiger charge is -2.30. The van der Waals surface area contributed by atoms with Gasteiger partial charge in [0.2, 0.25) is 0 Å².